The second kappa shape index (κ2) is 7.32. The first-order valence-corrected chi connectivity index (χ1v) is 9.19. The van der Waals surface area contributed by atoms with Crippen molar-refractivity contribution >= 4 is 5.91 Å². The minimum Gasteiger partial charge on any atom is -0.329 e. The second-order valence-electron chi connectivity index (χ2n) is 6.81. The van der Waals surface area contributed by atoms with Gasteiger partial charge in [0.2, 0.25) is 0 Å². The van der Waals surface area contributed by atoms with E-state index in [0.717, 1.165) is 41.4 Å². The van der Waals surface area contributed by atoms with Gasteiger partial charge in [-0.2, -0.15) is 0 Å². The lowest BCUT2D eigenvalue weighted by Gasteiger charge is -2.36. The lowest BCUT2D eigenvalue weighted by atomic mass is 10.0. The first-order valence-electron chi connectivity index (χ1n) is 9.19. The zero-order valence-electron chi connectivity index (χ0n) is 15.6. The molecule has 0 aromatic carbocycles. The molecule has 3 aromatic heterocycles. The molecule has 1 fully saturated rings. The zero-order valence-corrected chi connectivity index (χ0v) is 15.6. The van der Waals surface area contributed by atoms with Crippen LogP contribution >= 0.6 is 0 Å². The number of nitrogens with zero attached hydrogens (tertiary/aromatic N) is 4. The number of carbonyl (C=O) groups excluding carboxylic acids is 1. The van der Waals surface area contributed by atoms with Crippen molar-refractivity contribution in [3.63, 3.8) is 0 Å². The first-order chi connectivity index (χ1) is 13.2. The molecule has 138 valence electrons. The third kappa shape index (κ3) is 3.24. The van der Waals surface area contributed by atoms with Crippen LogP contribution in [0.3, 0.4) is 0 Å². The summed E-state index contributed by atoms with van der Waals surface area (Å²) in [5, 5.41) is 3.39. The molecule has 6 heteroatoms. The molecule has 1 atom stereocenters. The minimum atomic E-state index is -0.0159. The molecule has 0 radical (unpaired) electrons. The normalized spacial score (nSPS) is 17.1. The van der Waals surface area contributed by atoms with Crippen molar-refractivity contribution in [3.8, 4) is 5.82 Å². The molecule has 1 aliphatic rings. The Kier molecular flexibility index (Phi) is 4.73. The van der Waals surface area contributed by atoms with Gasteiger partial charge in [-0.3, -0.25) is 9.78 Å². The smallest absolute Gasteiger partial charge is 0.256 e. The monoisotopic (exact) mass is 361 g/mol. The van der Waals surface area contributed by atoms with Crippen molar-refractivity contribution < 1.29 is 4.79 Å². The van der Waals surface area contributed by atoms with Crippen LogP contribution in [0.4, 0.5) is 0 Å². The molecule has 1 amide bonds. The minimum absolute atomic E-state index is 0.0159. The van der Waals surface area contributed by atoms with Gasteiger partial charge in [-0.1, -0.05) is 12.1 Å². The van der Waals surface area contributed by atoms with Gasteiger partial charge in [0.1, 0.15) is 5.82 Å². The molecule has 1 aliphatic heterocycles. The van der Waals surface area contributed by atoms with E-state index in [0.29, 0.717) is 6.54 Å². The molecule has 1 saturated heterocycles. The number of amides is 1. The van der Waals surface area contributed by atoms with E-state index in [2.05, 4.69) is 15.3 Å². The van der Waals surface area contributed by atoms with Crippen molar-refractivity contribution in [2.75, 3.05) is 19.6 Å². The summed E-state index contributed by atoms with van der Waals surface area (Å²) in [7, 11) is 0. The average molecular weight is 361 g/mol. The van der Waals surface area contributed by atoms with Gasteiger partial charge in [0.25, 0.3) is 5.91 Å². The first kappa shape index (κ1) is 17.4. The summed E-state index contributed by atoms with van der Waals surface area (Å²) in [5.41, 5.74) is 3.70. The highest BCUT2D eigenvalue weighted by atomic mass is 16.2. The van der Waals surface area contributed by atoms with Crippen LogP contribution < -0.4 is 5.32 Å². The summed E-state index contributed by atoms with van der Waals surface area (Å²) in [4.78, 5) is 24.1. The van der Waals surface area contributed by atoms with Gasteiger partial charge in [-0.05, 0) is 43.7 Å². The fraction of sp³-hybridized carbons (Fsp3) is 0.286. The van der Waals surface area contributed by atoms with Gasteiger partial charge < -0.3 is 14.8 Å². The van der Waals surface area contributed by atoms with Crippen LogP contribution in [0.15, 0.2) is 55.0 Å². The highest BCUT2D eigenvalue weighted by molar-refractivity contribution is 5.96. The number of rotatable bonds is 3. The highest BCUT2D eigenvalue weighted by Crippen LogP contribution is 2.27. The van der Waals surface area contributed by atoms with Crippen molar-refractivity contribution in [1.82, 2.24) is 24.8 Å². The zero-order chi connectivity index (χ0) is 18.8. The number of pyridine rings is 2. The molecule has 0 aliphatic carbocycles. The van der Waals surface area contributed by atoms with E-state index in [1.54, 1.807) is 12.4 Å². The predicted octanol–water partition coefficient (Wildman–Crippen LogP) is 2.67. The number of piperazine rings is 1. The Bertz CT molecular complexity index is 936. The maximum atomic E-state index is 13.4. The Morgan fingerprint density at radius 2 is 2.07 bits per heavy atom. The molecule has 4 rings (SSSR count). The summed E-state index contributed by atoms with van der Waals surface area (Å²) < 4.78 is 2.04. The van der Waals surface area contributed by atoms with E-state index >= 15 is 0 Å². The number of aromatic nitrogens is 3. The fourth-order valence-electron chi connectivity index (χ4n) is 3.79. The summed E-state index contributed by atoms with van der Waals surface area (Å²) in [5.74, 6) is 0.885. The molecule has 4 heterocycles. The number of carbonyl (C=O) groups is 1. The molecular formula is C21H23N5O. The molecule has 1 N–H and O–H groups in total. The van der Waals surface area contributed by atoms with Gasteiger partial charge >= 0.3 is 0 Å². The van der Waals surface area contributed by atoms with E-state index in [9.17, 15) is 4.79 Å². The quantitative estimate of drug-likeness (QED) is 0.779. The number of hydrogen-bond acceptors (Lipinski definition) is 4. The highest BCUT2D eigenvalue weighted by Gasteiger charge is 2.30. The Labute approximate surface area is 158 Å². The van der Waals surface area contributed by atoms with E-state index < -0.39 is 0 Å². The molecule has 6 nitrogen and oxygen atoms in total. The third-order valence-corrected chi connectivity index (χ3v) is 5.11. The van der Waals surface area contributed by atoms with Crippen LogP contribution in [0, 0.1) is 13.8 Å². The van der Waals surface area contributed by atoms with E-state index in [4.69, 9.17) is 0 Å². The summed E-state index contributed by atoms with van der Waals surface area (Å²) in [6.07, 6.45) is 5.37. The molecule has 3 aromatic rings. The number of aryl methyl sites for hydroxylation is 1. The molecular weight excluding hydrogens is 338 g/mol. The number of hydrogen-bond donors (Lipinski definition) is 1. The Morgan fingerprint density at radius 1 is 1.19 bits per heavy atom. The fourth-order valence-corrected chi connectivity index (χ4v) is 3.79. The Morgan fingerprint density at radius 3 is 2.81 bits per heavy atom. The van der Waals surface area contributed by atoms with Gasteiger partial charge in [-0.25, -0.2) is 4.98 Å². The van der Waals surface area contributed by atoms with Crippen LogP contribution in [0.5, 0.6) is 0 Å². The van der Waals surface area contributed by atoms with Crippen molar-refractivity contribution in [2.24, 2.45) is 0 Å². The van der Waals surface area contributed by atoms with E-state index in [1.165, 1.54) is 0 Å². The Balaban J connectivity index is 1.70. The van der Waals surface area contributed by atoms with Gasteiger partial charge in [0, 0.05) is 49.6 Å². The third-order valence-electron chi connectivity index (χ3n) is 5.11. The standard InChI is InChI=1S/C21H23N5O/c1-15-12-18(16(2)26(15)20-7-3-4-9-24-20)21(27)25-11-10-23-14-19(25)17-6-5-8-22-13-17/h3-9,12-13,19,23H,10-11,14H2,1-2H3. The van der Waals surface area contributed by atoms with Crippen LogP contribution in [0.2, 0.25) is 0 Å². The van der Waals surface area contributed by atoms with Gasteiger partial charge in [0.05, 0.1) is 11.6 Å². The SMILES string of the molecule is Cc1cc(C(=O)N2CCNCC2c2cccnc2)c(C)n1-c1ccccn1. The van der Waals surface area contributed by atoms with Gasteiger partial charge in [-0.15, -0.1) is 0 Å². The number of nitrogens with one attached hydrogen (secondary N) is 1. The van der Waals surface area contributed by atoms with Crippen LogP contribution in [0.25, 0.3) is 5.82 Å². The maximum Gasteiger partial charge on any atom is 0.256 e. The molecule has 1 unspecified atom stereocenters. The topological polar surface area (TPSA) is 63.1 Å². The largest absolute Gasteiger partial charge is 0.329 e. The van der Waals surface area contributed by atoms with Crippen LogP contribution in [0.1, 0.15) is 33.4 Å². The van der Waals surface area contributed by atoms with Crippen molar-refractivity contribution in [2.45, 2.75) is 19.9 Å². The molecule has 0 bridgehead atoms. The average Bonchev–Trinajstić information content (AvgIpc) is 3.03. The molecule has 0 spiro atoms. The molecule has 0 saturated carbocycles. The second-order valence-corrected chi connectivity index (χ2v) is 6.81. The Hall–Kier alpha value is -2.99. The maximum absolute atomic E-state index is 13.4. The summed E-state index contributed by atoms with van der Waals surface area (Å²) in [6, 6.07) is 11.7. The predicted molar refractivity (Wildman–Crippen MR) is 104 cm³/mol. The van der Waals surface area contributed by atoms with E-state index in [1.807, 2.05) is 65.9 Å². The lowest BCUT2D eigenvalue weighted by Crippen LogP contribution is -2.48. The summed E-state index contributed by atoms with van der Waals surface area (Å²) >= 11 is 0. The summed E-state index contributed by atoms with van der Waals surface area (Å²) in [6.45, 7) is 6.19. The van der Waals surface area contributed by atoms with E-state index in [-0.39, 0.29) is 11.9 Å². The van der Waals surface area contributed by atoms with Crippen molar-refractivity contribution in [1.29, 1.82) is 0 Å². The van der Waals surface area contributed by atoms with Crippen LogP contribution in [-0.2, 0) is 0 Å². The van der Waals surface area contributed by atoms with Gasteiger partial charge in [0.15, 0.2) is 0 Å². The van der Waals surface area contributed by atoms with Crippen LogP contribution in [-0.4, -0.2) is 45.0 Å². The lowest BCUT2D eigenvalue weighted by molar-refractivity contribution is 0.0633. The van der Waals surface area contributed by atoms with Crippen molar-refractivity contribution in [3.05, 3.63) is 77.5 Å². The molecule has 27 heavy (non-hydrogen) atoms.